The number of carbonyl (C=O) groups is 2. The summed E-state index contributed by atoms with van der Waals surface area (Å²) in [5.74, 6) is 2.45. The topological polar surface area (TPSA) is 61.4 Å². The summed E-state index contributed by atoms with van der Waals surface area (Å²) in [5, 5.41) is 5.88. The maximum Gasteiger partial charge on any atom is 0.251 e. The summed E-state index contributed by atoms with van der Waals surface area (Å²) in [6, 6.07) is 15.8. The van der Waals surface area contributed by atoms with Crippen LogP contribution in [0.2, 0.25) is 0 Å². The minimum atomic E-state index is -0.135. The average Bonchev–Trinajstić information content (AvgIpc) is 3.43. The summed E-state index contributed by atoms with van der Waals surface area (Å²) >= 11 is 0. The van der Waals surface area contributed by atoms with E-state index in [1.165, 1.54) is 11.1 Å². The molecule has 0 radical (unpaired) electrons. The minimum absolute atomic E-state index is 0.0971. The van der Waals surface area contributed by atoms with E-state index in [1.54, 1.807) is 24.3 Å². The molecule has 2 aromatic rings. The van der Waals surface area contributed by atoms with Gasteiger partial charge in [0.05, 0.1) is 13.1 Å². The SMILES string of the molecule is C#CCN(CC(=O)Nc1cccc(C(=O)NC2CC2)c1)C1CCc2ccccc21. The average molecular weight is 387 g/mol. The maximum absolute atomic E-state index is 12.7. The number of amides is 2. The number of aryl methyl sites for hydroxylation is 1. The molecule has 5 heteroatoms. The van der Waals surface area contributed by atoms with E-state index in [1.807, 2.05) is 17.0 Å². The van der Waals surface area contributed by atoms with E-state index in [-0.39, 0.29) is 24.4 Å². The highest BCUT2D eigenvalue weighted by Gasteiger charge is 2.28. The number of fused-ring (bicyclic) bond motifs is 1. The largest absolute Gasteiger partial charge is 0.349 e. The van der Waals surface area contributed by atoms with Crippen LogP contribution >= 0.6 is 0 Å². The lowest BCUT2D eigenvalue weighted by atomic mass is 10.1. The number of nitrogens with zero attached hydrogens (tertiary/aromatic N) is 1. The second kappa shape index (κ2) is 8.50. The Balaban J connectivity index is 1.41. The van der Waals surface area contributed by atoms with E-state index in [0.717, 1.165) is 25.7 Å². The summed E-state index contributed by atoms with van der Waals surface area (Å²) in [6.45, 7) is 0.623. The monoisotopic (exact) mass is 387 g/mol. The molecule has 2 aliphatic rings. The fourth-order valence-corrected chi connectivity index (χ4v) is 3.93. The Morgan fingerprint density at radius 3 is 2.72 bits per heavy atom. The molecule has 5 nitrogen and oxygen atoms in total. The summed E-state index contributed by atoms with van der Waals surface area (Å²) < 4.78 is 0. The van der Waals surface area contributed by atoms with Crippen molar-refractivity contribution in [1.82, 2.24) is 10.2 Å². The van der Waals surface area contributed by atoms with Gasteiger partial charge in [-0.3, -0.25) is 14.5 Å². The van der Waals surface area contributed by atoms with Crippen LogP contribution in [0.15, 0.2) is 48.5 Å². The fraction of sp³-hybridized carbons (Fsp3) is 0.333. The Labute approximate surface area is 171 Å². The molecule has 2 amide bonds. The highest BCUT2D eigenvalue weighted by atomic mass is 16.2. The molecule has 148 valence electrons. The van der Waals surface area contributed by atoms with Crippen LogP contribution in [0.25, 0.3) is 0 Å². The Hall–Kier alpha value is -3.10. The van der Waals surface area contributed by atoms with Crippen molar-refractivity contribution in [1.29, 1.82) is 0 Å². The molecule has 0 spiro atoms. The van der Waals surface area contributed by atoms with Crippen LogP contribution in [-0.2, 0) is 11.2 Å². The first-order chi connectivity index (χ1) is 14.1. The number of hydrogen-bond donors (Lipinski definition) is 2. The Morgan fingerprint density at radius 1 is 1.10 bits per heavy atom. The standard InChI is InChI=1S/C24H25N3O2/c1-2-14-27(22-13-10-17-6-3-4-9-21(17)22)16-23(28)25-20-8-5-7-18(15-20)24(29)26-19-11-12-19/h1,3-9,15,19,22H,10-14,16H2,(H,25,28)(H,26,29). The number of hydrogen-bond acceptors (Lipinski definition) is 3. The highest BCUT2D eigenvalue weighted by molar-refractivity contribution is 5.97. The van der Waals surface area contributed by atoms with Gasteiger partial charge in [0.2, 0.25) is 5.91 Å². The van der Waals surface area contributed by atoms with Gasteiger partial charge in [-0.1, -0.05) is 36.3 Å². The zero-order valence-electron chi connectivity index (χ0n) is 16.4. The summed E-state index contributed by atoms with van der Waals surface area (Å²) in [5.41, 5.74) is 3.76. The second-order valence-corrected chi connectivity index (χ2v) is 7.74. The van der Waals surface area contributed by atoms with Crippen LogP contribution in [0, 0.1) is 12.3 Å². The van der Waals surface area contributed by atoms with Crippen molar-refractivity contribution in [2.24, 2.45) is 0 Å². The van der Waals surface area contributed by atoms with Crippen molar-refractivity contribution in [3.63, 3.8) is 0 Å². The molecule has 29 heavy (non-hydrogen) atoms. The smallest absolute Gasteiger partial charge is 0.251 e. The lowest BCUT2D eigenvalue weighted by Gasteiger charge is -2.27. The van der Waals surface area contributed by atoms with Crippen molar-refractivity contribution in [2.45, 2.75) is 37.8 Å². The molecule has 0 aromatic heterocycles. The van der Waals surface area contributed by atoms with Crippen molar-refractivity contribution >= 4 is 17.5 Å². The third-order valence-electron chi connectivity index (χ3n) is 5.50. The van der Waals surface area contributed by atoms with Gasteiger partial charge in [0.15, 0.2) is 0 Å². The van der Waals surface area contributed by atoms with E-state index in [0.29, 0.717) is 23.8 Å². The van der Waals surface area contributed by atoms with Gasteiger partial charge in [0, 0.05) is 23.3 Å². The van der Waals surface area contributed by atoms with Gasteiger partial charge in [0.1, 0.15) is 0 Å². The molecule has 2 aliphatic carbocycles. The van der Waals surface area contributed by atoms with Gasteiger partial charge in [0.25, 0.3) is 5.91 Å². The van der Waals surface area contributed by atoms with Gasteiger partial charge < -0.3 is 10.6 Å². The highest BCUT2D eigenvalue weighted by Crippen LogP contribution is 2.35. The zero-order chi connectivity index (χ0) is 20.2. The van der Waals surface area contributed by atoms with Crippen LogP contribution in [0.4, 0.5) is 5.69 Å². The zero-order valence-corrected chi connectivity index (χ0v) is 16.4. The van der Waals surface area contributed by atoms with Crippen molar-refractivity contribution in [3.8, 4) is 12.3 Å². The molecular weight excluding hydrogens is 362 g/mol. The maximum atomic E-state index is 12.7. The lowest BCUT2D eigenvalue weighted by Crippen LogP contribution is -2.36. The minimum Gasteiger partial charge on any atom is -0.349 e. The molecule has 0 saturated heterocycles. The Bertz CT molecular complexity index is 959. The Kier molecular flexibility index (Phi) is 5.64. The molecule has 1 unspecified atom stereocenters. The molecular formula is C24H25N3O2. The van der Waals surface area contributed by atoms with Gasteiger partial charge in [-0.25, -0.2) is 0 Å². The molecule has 2 aromatic carbocycles. The predicted octanol–water partition coefficient (Wildman–Crippen LogP) is 3.14. The van der Waals surface area contributed by atoms with Gasteiger partial charge >= 0.3 is 0 Å². The molecule has 1 fully saturated rings. The van der Waals surface area contributed by atoms with Crippen LogP contribution < -0.4 is 10.6 Å². The lowest BCUT2D eigenvalue weighted by molar-refractivity contribution is -0.117. The number of nitrogens with one attached hydrogen (secondary N) is 2. The van der Waals surface area contributed by atoms with Crippen LogP contribution in [0.5, 0.6) is 0 Å². The first-order valence-corrected chi connectivity index (χ1v) is 10.1. The molecule has 2 N–H and O–H groups in total. The van der Waals surface area contributed by atoms with E-state index in [9.17, 15) is 9.59 Å². The number of benzene rings is 2. The van der Waals surface area contributed by atoms with E-state index in [4.69, 9.17) is 6.42 Å². The second-order valence-electron chi connectivity index (χ2n) is 7.74. The number of rotatable bonds is 7. The van der Waals surface area contributed by atoms with Gasteiger partial charge in [-0.15, -0.1) is 6.42 Å². The summed E-state index contributed by atoms with van der Waals surface area (Å²) in [7, 11) is 0. The van der Waals surface area contributed by atoms with Gasteiger partial charge in [-0.2, -0.15) is 0 Å². The van der Waals surface area contributed by atoms with E-state index < -0.39 is 0 Å². The van der Waals surface area contributed by atoms with E-state index >= 15 is 0 Å². The summed E-state index contributed by atoms with van der Waals surface area (Å²) in [6.07, 6.45) is 9.62. The van der Waals surface area contributed by atoms with Crippen molar-refractivity contribution in [2.75, 3.05) is 18.4 Å². The molecule has 0 aliphatic heterocycles. The Morgan fingerprint density at radius 2 is 1.93 bits per heavy atom. The van der Waals surface area contributed by atoms with Crippen LogP contribution in [-0.4, -0.2) is 35.8 Å². The number of carbonyl (C=O) groups excluding carboxylic acids is 2. The first-order valence-electron chi connectivity index (χ1n) is 10.1. The van der Waals surface area contributed by atoms with E-state index in [2.05, 4.69) is 28.7 Å². The number of terminal acetylenes is 1. The van der Waals surface area contributed by atoms with Crippen LogP contribution in [0.1, 0.15) is 46.8 Å². The first kappa shape index (κ1) is 19.2. The molecule has 1 saturated carbocycles. The van der Waals surface area contributed by atoms with Crippen LogP contribution in [0.3, 0.4) is 0 Å². The third-order valence-corrected chi connectivity index (χ3v) is 5.50. The number of anilines is 1. The fourth-order valence-electron chi connectivity index (χ4n) is 3.93. The molecule has 1 atom stereocenters. The molecule has 0 bridgehead atoms. The molecule has 4 rings (SSSR count). The third kappa shape index (κ3) is 4.67. The normalized spacial score (nSPS) is 17.4. The van der Waals surface area contributed by atoms with Crippen molar-refractivity contribution in [3.05, 3.63) is 65.2 Å². The molecule has 0 heterocycles. The van der Waals surface area contributed by atoms with Gasteiger partial charge in [-0.05, 0) is 55.0 Å². The van der Waals surface area contributed by atoms with Crippen molar-refractivity contribution < 1.29 is 9.59 Å². The quantitative estimate of drug-likeness (QED) is 0.718. The summed E-state index contributed by atoms with van der Waals surface area (Å²) in [4.78, 5) is 27.0. The predicted molar refractivity (Wildman–Crippen MR) is 113 cm³/mol.